The Morgan fingerprint density at radius 1 is 1.44 bits per heavy atom. The highest BCUT2D eigenvalue weighted by Gasteiger charge is 1.99. The number of hydrogen-bond donors (Lipinski definition) is 0. The third-order valence-corrected chi connectivity index (χ3v) is 2.09. The summed E-state index contributed by atoms with van der Waals surface area (Å²) in [5.41, 5.74) is 1.41. The maximum Gasteiger partial charge on any atom is 0.333 e. The van der Waals surface area contributed by atoms with Gasteiger partial charge < -0.3 is 4.74 Å². The molecule has 1 aromatic carbocycles. The van der Waals surface area contributed by atoms with E-state index in [1.54, 1.807) is 25.1 Å². The fraction of sp³-hybridized carbons (Fsp3) is 0.154. The first-order valence-electron chi connectivity index (χ1n) is 4.84. The zero-order valence-corrected chi connectivity index (χ0v) is 9.83. The van der Waals surface area contributed by atoms with Crippen LogP contribution in [0.3, 0.4) is 0 Å². The van der Waals surface area contributed by atoms with Gasteiger partial charge in [0.05, 0.1) is 0 Å². The van der Waals surface area contributed by atoms with Crippen LogP contribution < -0.4 is 0 Å². The van der Waals surface area contributed by atoms with E-state index in [0.717, 1.165) is 5.56 Å². The van der Waals surface area contributed by atoms with Gasteiger partial charge in [0.2, 0.25) is 0 Å². The van der Waals surface area contributed by atoms with E-state index in [9.17, 15) is 4.79 Å². The predicted molar refractivity (Wildman–Crippen MR) is 66.3 cm³/mol. The van der Waals surface area contributed by atoms with Crippen molar-refractivity contribution in [1.29, 1.82) is 0 Å². The molecule has 0 aliphatic carbocycles. The molecule has 0 bridgehead atoms. The number of carbonyl (C=O) groups excluding carboxylic acids is 1. The molecule has 1 rings (SSSR count). The van der Waals surface area contributed by atoms with Crippen LogP contribution in [0.1, 0.15) is 12.5 Å². The lowest BCUT2D eigenvalue weighted by Gasteiger charge is -1.99. The molecule has 0 aromatic heterocycles. The fourth-order valence-corrected chi connectivity index (χ4v) is 1.13. The lowest BCUT2D eigenvalue weighted by Crippen LogP contribution is -2.04. The van der Waals surface area contributed by atoms with E-state index in [1.165, 1.54) is 0 Å². The largest absolute Gasteiger partial charge is 0.458 e. The van der Waals surface area contributed by atoms with Crippen LogP contribution in [-0.4, -0.2) is 12.6 Å². The Hall–Kier alpha value is -1.54. The Labute approximate surface area is 100 Å². The molecule has 0 saturated heterocycles. The molecule has 0 saturated carbocycles. The van der Waals surface area contributed by atoms with Crippen molar-refractivity contribution in [3.8, 4) is 0 Å². The molecule has 0 heterocycles. The van der Waals surface area contributed by atoms with Crippen LogP contribution in [0.25, 0.3) is 6.08 Å². The maximum absolute atomic E-state index is 11.0. The highest BCUT2D eigenvalue weighted by atomic mass is 35.5. The average molecular weight is 237 g/mol. The second kappa shape index (κ2) is 6.13. The molecule has 0 aliphatic heterocycles. The molecule has 0 atom stereocenters. The summed E-state index contributed by atoms with van der Waals surface area (Å²) in [5.74, 6) is -0.374. The quantitative estimate of drug-likeness (QED) is 0.591. The third-order valence-electron chi connectivity index (χ3n) is 1.84. The predicted octanol–water partition coefficient (Wildman–Crippen LogP) is 3.47. The molecule has 0 radical (unpaired) electrons. The molecule has 0 unspecified atom stereocenters. The van der Waals surface area contributed by atoms with Crippen molar-refractivity contribution in [2.24, 2.45) is 0 Å². The van der Waals surface area contributed by atoms with Gasteiger partial charge in [-0.05, 0) is 30.7 Å². The lowest BCUT2D eigenvalue weighted by molar-refractivity contribution is -0.137. The van der Waals surface area contributed by atoms with Gasteiger partial charge >= 0.3 is 5.97 Å². The van der Waals surface area contributed by atoms with Crippen LogP contribution in [0.15, 0.2) is 42.5 Å². The molecular weight excluding hydrogens is 224 g/mol. The van der Waals surface area contributed by atoms with Gasteiger partial charge in [0, 0.05) is 10.6 Å². The minimum atomic E-state index is -0.374. The number of halogens is 1. The average Bonchev–Trinajstić information content (AvgIpc) is 2.26. The Morgan fingerprint density at radius 3 is 2.62 bits per heavy atom. The minimum absolute atomic E-state index is 0.244. The van der Waals surface area contributed by atoms with Gasteiger partial charge in [0.25, 0.3) is 0 Å². The summed E-state index contributed by atoms with van der Waals surface area (Å²) in [5, 5.41) is 0.700. The summed E-state index contributed by atoms with van der Waals surface area (Å²) in [7, 11) is 0. The van der Waals surface area contributed by atoms with E-state index in [4.69, 9.17) is 16.3 Å². The molecule has 0 N–H and O–H groups in total. The van der Waals surface area contributed by atoms with E-state index >= 15 is 0 Å². The number of benzene rings is 1. The highest BCUT2D eigenvalue weighted by Crippen LogP contribution is 2.10. The van der Waals surface area contributed by atoms with Crippen LogP contribution in [0, 0.1) is 0 Å². The fourth-order valence-electron chi connectivity index (χ4n) is 1.01. The second-order valence-electron chi connectivity index (χ2n) is 3.33. The standard InChI is InChI=1S/C13H13ClO2/c1-10(2)13(15)16-9-3-4-11-5-7-12(14)8-6-11/h3-8H,1,9H2,2H3/b4-3+. The van der Waals surface area contributed by atoms with Crippen molar-refractivity contribution in [3.05, 3.63) is 53.1 Å². The van der Waals surface area contributed by atoms with Crippen molar-refractivity contribution >= 4 is 23.6 Å². The Bertz CT molecular complexity index is 404. The first kappa shape index (κ1) is 12.5. The third kappa shape index (κ3) is 4.32. The Morgan fingerprint density at radius 2 is 2.06 bits per heavy atom. The molecular formula is C13H13ClO2. The molecule has 0 fully saturated rings. The summed E-state index contributed by atoms with van der Waals surface area (Å²) in [6, 6.07) is 7.39. The number of rotatable bonds is 4. The summed E-state index contributed by atoms with van der Waals surface area (Å²) < 4.78 is 4.90. The summed E-state index contributed by atoms with van der Waals surface area (Å²) in [6.45, 7) is 5.35. The highest BCUT2D eigenvalue weighted by molar-refractivity contribution is 6.30. The first-order valence-corrected chi connectivity index (χ1v) is 5.22. The van der Waals surface area contributed by atoms with Crippen LogP contribution in [0.5, 0.6) is 0 Å². The van der Waals surface area contributed by atoms with Crippen LogP contribution in [-0.2, 0) is 9.53 Å². The number of ether oxygens (including phenoxy) is 1. The van der Waals surface area contributed by atoms with Crippen molar-refractivity contribution in [3.63, 3.8) is 0 Å². The van der Waals surface area contributed by atoms with Crippen LogP contribution >= 0.6 is 11.6 Å². The van der Waals surface area contributed by atoms with E-state index in [2.05, 4.69) is 6.58 Å². The SMILES string of the molecule is C=C(C)C(=O)OC/C=C/c1ccc(Cl)cc1. The number of esters is 1. The first-order chi connectivity index (χ1) is 7.59. The molecule has 16 heavy (non-hydrogen) atoms. The monoisotopic (exact) mass is 236 g/mol. The summed E-state index contributed by atoms with van der Waals surface area (Å²) in [4.78, 5) is 11.0. The van der Waals surface area contributed by atoms with Crippen LogP contribution in [0.2, 0.25) is 5.02 Å². The second-order valence-corrected chi connectivity index (χ2v) is 3.77. The molecule has 0 amide bonds. The zero-order valence-electron chi connectivity index (χ0n) is 9.07. The molecule has 84 valence electrons. The van der Waals surface area contributed by atoms with Gasteiger partial charge in [-0.2, -0.15) is 0 Å². The van der Waals surface area contributed by atoms with Crippen molar-refractivity contribution in [2.75, 3.05) is 6.61 Å². The zero-order chi connectivity index (χ0) is 12.0. The summed E-state index contributed by atoms with van der Waals surface area (Å²) in [6.07, 6.45) is 3.63. The van der Waals surface area contributed by atoms with Gasteiger partial charge in [-0.1, -0.05) is 36.4 Å². The molecule has 2 nitrogen and oxygen atoms in total. The molecule has 3 heteroatoms. The van der Waals surface area contributed by atoms with E-state index < -0.39 is 0 Å². The van der Waals surface area contributed by atoms with Crippen molar-refractivity contribution in [2.45, 2.75) is 6.92 Å². The van der Waals surface area contributed by atoms with Crippen molar-refractivity contribution in [1.82, 2.24) is 0 Å². The lowest BCUT2D eigenvalue weighted by atomic mass is 10.2. The summed E-state index contributed by atoms with van der Waals surface area (Å²) >= 11 is 5.75. The smallest absolute Gasteiger partial charge is 0.333 e. The van der Waals surface area contributed by atoms with Gasteiger partial charge in [-0.25, -0.2) is 4.79 Å². The molecule has 0 spiro atoms. The number of hydrogen-bond acceptors (Lipinski definition) is 2. The number of carbonyl (C=O) groups is 1. The van der Waals surface area contributed by atoms with E-state index in [-0.39, 0.29) is 12.6 Å². The van der Waals surface area contributed by atoms with E-state index in [0.29, 0.717) is 10.6 Å². The van der Waals surface area contributed by atoms with Gasteiger partial charge in [-0.15, -0.1) is 0 Å². The molecule has 1 aromatic rings. The Kier molecular flexibility index (Phi) is 4.80. The van der Waals surface area contributed by atoms with Gasteiger partial charge in [0.15, 0.2) is 0 Å². The van der Waals surface area contributed by atoms with Gasteiger partial charge in [-0.3, -0.25) is 0 Å². The van der Waals surface area contributed by atoms with Crippen molar-refractivity contribution < 1.29 is 9.53 Å². The topological polar surface area (TPSA) is 26.3 Å². The minimum Gasteiger partial charge on any atom is -0.458 e. The Balaban J connectivity index is 2.40. The maximum atomic E-state index is 11.0. The van der Waals surface area contributed by atoms with E-state index in [1.807, 2.05) is 18.2 Å². The van der Waals surface area contributed by atoms with Crippen LogP contribution in [0.4, 0.5) is 0 Å². The van der Waals surface area contributed by atoms with Gasteiger partial charge in [0.1, 0.15) is 6.61 Å². The normalized spacial score (nSPS) is 10.4. The molecule has 0 aliphatic rings.